The Labute approximate surface area is 125 Å². The summed E-state index contributed by atoms with van der Waals surface area (Å²) in [6.45, 7) is 0. The third-order valence-corrected chi connectivity index (χ3v) is 3.29. The summed E-state index contributed by atoms with van der Waals surface area (Å²) in [5, 5.41) is 12.0. The van der Waals surface area contributed by atoms with E-state index in [1.54, 1.807) is 24.3 Å². The molecule has 0 fully saturated rings. The minimum Gasteiger partial charge on any atom is -0.397 e. The van der Waals surface area contributed by atoms with Gasteiger partial charge in [-0.1, -0.05) is 29.3 Å². The molecule has 0 heterocycles. The average molecular weight is 306 g/mol. The number of amides is 1. The van der Waals surface area contributed by atoms with Crippen molar-refractivity contribution < 1.29 is 4.79 Å². The summed E-state index contributed by atoms with van der Waals surface area (Å²) in [5.74, 6) is -0.397. The fourth-order valence-electron chi connectivity index (χ4n) is 1.62. The van der Waals surface area contributed by atoms with Crippen molar-refractivity contribution in [2.24, 2.45) is 0 Å². The zero-order chi connectivity index (χ0) is 14.7. The minimum absolute atomic E-state index is 0.214. The molecule has 0 radical (unpaired) electrons. The molecule has 0 bridgehead atoms. The number of rotatable bonds is 2. The maximum Gasteiger partial charge on any atom is 0.257 e. The van der Waals surface area contributed by atoms with Crippen LogP contribution in [0.3, 0.4) is 0 Å². The fraction of sp³-hybridized carbons (Fsp3) is 0. The van der Waals surface area contributed by atoms with Crippen LogP contribution in [0.5, 0.6) is 0 Å². The van der Waals surface area contributed by atoms with Crippen LogP contribution in [0.25, 0.3) is 0 Å². The van der Waals surface area contributed by atoms with E-state index in [-0.39, 0.29) is 16.3 Å². The van der Waals surface area contributed by atoms with Crippen LogP contribution >= 0.6 is 23.2 Å². The van der Waals surface area contributed by atoms with Crippen LogP contribution in [0.1, 0.15) is 15.9 Å². The molecular formula is C14H9Cl2N3O. The number of nitrogen functional groups attached to an aromatic ring is 1. The zero-order valence-corrected chi connectivity index (χ0v) is 11.7. The van der Waals surface area contributed by atoms with Crippen molar-refractivity contribution >= 4 is 40.5 Å². The maximum atomic E-state index is 12.1. The Bertz CT molecular complexity index is 723. The average Bonchev–Trinajstić information content (AvgIpc) is 2.42. The van der Waals surface area contributed by atoms with Gasteiger partial charge in [0.2, 0.25) is 0 Å². The van der Waals surface area contributed by atoms with Gasteiger partial charge in [-0.2, -0.15) is 5.26 Å². The maximum absolute atomic E-state index is 12.1. The number of nitrogens with two attached hydrogens (primary N) is 1. The molecule has 0 aliphatic rings. The SMILES string of the molecule is N#Cc1ccc(NC(=O)c2cccc(Cl)c2N)cc1Cl. The molecule has 20 heavy (non-hydrogen) atoms. The summed E-state index contributed by atoms with van der Waals surface area (Å²) >= 11 is 11.8. The molecule has 100 valence electrons. The van der Waals surface area contributed by atoms with Gasteiger partial charge in [-0.05, 0) is 30.3 Å². The van der Waals surface area contributed by atoms with E-state index in [9.17, 15) is 4.79 Å². The Morgan fingerprint density at radius 3 is 2.60 bits per heavy atom. The van der Waals surface area contributed by atoms with Gasteiger partial charge in [-0.25, -0.2) is 0 Å². The van der Waals surface area contributed by atoms with E-state index in [1.165, 1.54) is 12.1 Å². The van der Waals surface area contributed by atoms with Gasteiger partial charge in [0.15, 0.2) is 0 Å². The van der Waals surface area contributed by atoms with Crippen molar-refractivity contribution in [2.75, 3.05) is 11.1 Å². The van der Waals surface area contributed by atoms with E-state index in [0.29, 0.717) is 16.3 Å². The second kappa shape index (κ2) is 5.83. The van der Waals surface area contributed by atoms with Gasteiger partial charge in [-0.15, -0.1) is 0 Å². The molecule has 0 aliphatic carbocycles. The lowest BCUT2D eigenvalue weighted by Gasteiger charge is -2.09. The number of halogens is 2. The molecule has 2 rings (SSSR count). The monoisotopic (exact) mass is 305 g/mol. The van der Waals surface area contributed by atoms with Crippen LogP contribution in [0.4, 0.5) is 11.4 Å². The van der Waals surface area contributed by atoms with Crippen LogP contribution < -0.4 is 11.1 Å². The third-order valence-electron chi connectivity index (χ3n) is 2.64. The largest absolute Gasteiger partial charge is 0.397 e. The number of hydrogen-bond acceptors (Lipinski definition) is 3. The van der Waals surface area contributed by atoms with E-state index in [0.717, 1.165) is 0 Å². The van der Waals surface area contributed by atoms with Crippen LogP contribution in [0.15, 0.2) is 36.4 Å². The predicted octanol–water partition coefficient (Wildman–Crippen LogP) is 3.70. The number of anilines is 2. The topological polar surface area (TPSA) is 78.9 Å². The van der Waals surface area contributed by atoms with Gasteiger partial charge >= 0.3 is 0 Å². The molecule has 2 aromatic carbocycles. The molecule has 0 saturated heterocycles. The van der Waals surface area contributed by atoms with Crippen LogP contribution in [0.2, 0.25) is 10.0 Å². The lowest BCUT2D eigenvalue weighted by Crippen LogP contribution is -2.14. The molecule has 1 amide bonds. The highest BCUT2D eigenvalue weighted by Crippen LogP contribution is 2.24. The van der Waals surface area contributed by atoms with Gasteiger partial charge < -0.3 is 11.1 Å². The molecule has 0 atom stereocenters. The molecule has 0 aromatic heterocycles. The van der Waals surface area contributed by atoms with E-state index in [1.807, 2.05) is 6.07 Å². The number of nitrogens with one attached hydrogen (secondary N) is 1. The number of nitrogens with zero attached hydrogens (tertiary/aromatic N) is 1. The number of para-hydroxylation sites is 1. The molecule has 3 N–H and O–H groups in total. The van der Waals surface area contributed by atoms with Crippen molar-refractivity contribution in [2.45, 2.75) is 0 Å². The minimum atomic E-state index is -0.397. The van der Waals surface area contributed by atoms with Crippen molar-refractivity contribution in [1.82, 2.24) is 0 Å². The number of carbonyl (C=O) groups excluding carboxylic acids is 1. The molecule has 0 unspecified atom stereocenters. The first kappa shape index (κ1) is 14.2. The lowest BCUT2D eigenvalue weighted by molar-refractivity contribution is 0.102. The van der Waals surface area contributed by atoms with Crippen LogP contribution in [-0.2, 0) is 0 Å². The predicted molar refractivity (Wildman–Crippen MR) is 80.0 cm³/mol. The standard InChI is InChI=1S/C14H9Cl2N3O/c15-11-3-1-2-10(13(11)18)14(20)19-9-5-4-8(7-17)12(16)6-9/h1-6H,18H2,(H,19,20). The number of benzene rings is 2. The number of carbonyl (C=O) groups is 1. The fourth-order valence-corrected chi connectivity index (χ4v) is 2.01. The first-order valence-corrected chi connectivity index (χ1v) is 6.33. The Kier molecular flexibility index (Phi) is 4.14. The number of hydrogen-bond donors (Lipinski definition) is 2. The summed E-state index contributed by atoms with van der Waals surface area (Å²) in [7, 11) is 0. The summed E-state index contributed by atoms with van der Waals surface area (Å²) in [5.41, 5.74) is 7.05. The summed E-state index contributed by atoms with van der Waals surface area (Å²) in [6.07, 6.45) is 0. The Hall–Kier alpha value is -2.22. The van der Waals surface area contributed by atoms with Crippen molar-refractivity contribution in [3.05, 3.63) is 57.6 Å². The highest BCUT2D eigenvalue weighted by molar-refractivity contribution is 6.34. The highest BCUT2D eigenvalue weighted by Gasteiger charge is 2.12. The Morgan fingerprint density at radius 1 is 1.20 bits per heavy atom. The third kappa shape index (κ3) is 2.85. The molecule has 4 nitrogen and oxygen atoms in total. The Morgan fingerprint density at radius 2 is 1.95 bits per heavy atom. The second-order valence-corrected chi connectivity index (χ2v) is 4.78. The number of nitriles is 1. The van der Waals surface area contributed by atoms with E-state index in [4.69, 9.17) is 34.2 Å². The summed E-state index contributed by atoms with van der Waals surface area (Å²) < 4.78 is 0. The van der Waals surface area contributed by atoms with E-state index >= 15 is 0 Å². The van der Waals surface area contributed by atoms with Gasteiger partial charge in [0.25, 0.3) is 5.91 Å². The summed E-state index contributed by atoms with van der Waals surface area (Å²) in [6, 6.07) is 11.4. The second-order valence-electron chi connectivity index (χ2n) is 3.96. The lowest BCUT2D eigenvalue weighted by atomic mass is 10.1. The zero-order valence-electron chi connectivity index (χ0n) is 10.2. The molecule has 6 heteroatoms. The molecule has 0 spiro atoms. The van der Waals surface area contributed by atoms with Crippen molar-refractivity contribution in [1.29, 1.82) is 5.26 Å². The van der Waals surface area contributed by atoms with E-state index in [2.05, 4.69) is 5.32 Å². The normalized spacial score (nSPS) is 9.85. The highest BCUT2D eigenvalue weighted by atomic mass is 35.5. The molecule has 2 aromatic rings. The van der Waals surface area contributed by atoms with Crippen molar-refractivity contribution in [3.8, 4) is 6.07 Å². The quantitative estimate of drug-likeness (QED) is 0.830. The van der Waals surface area contributed by atoms with Gasteiger partial charge in [0.05, 0.1) is 26.9 Å². The molecule has 0 aliphatic heterocycles. The first-order chi connectivity index (χ1) is 9.52. The first-order valence-electron chi connectivity index (χ1n) is 5.58. The molecule has 0 saturated carbocycles. The van der Waals surface area contributed by atoms with Gasteiger partial charge in [0, 0.05) is 5.69 Å². The van der Waals surface area contributed by atoms with E-state index < -0.39 is 5.91 Å². The van der Waals surface area contributed by atoms with Crippen LogP contribution in [0, 0.1) is 11.3 Å². The van der Waals surface area contributed by atoms with Gasteiger partial charge in [-0.3, -0.25) is 4.79 Å². The van der Waals surface area contributed by atoms with Crippen LogP contribution in [-0.4, -0.2) is 5.91 Å². The molecular weight excluding hydrogens is 297 g/mol. The Balaban J connectivity index is 2.26. The van der Waals surface area contributed by atoms with Crippen molar-refractivity contribution in [3.63, 3.8) is 0 Å². The summed E-state index contributed by atoms with van der Waals surface area (Å²) in [4.78, 5) is 12.1. The smallest absolute Gasteiger partial charge is 0.257 e. The van der Waals surface area contributed by atoms with Gasteiger partial charge in [0.1, 0.15) is 6.07 Å².